The van der Waals surface area contributed by atoms with Crippen LogP contribution in [0.15, 0.2) is 17.2 Å². The van der Waals surface area contributed by atoms with Gasteiger partial charge in [0.2, 0.25) is 0 Å². The Labute approximate surface area is 111 Å². The molecule has 0 aliphatic heterocycles. The van der Waals surface area contributed by atoms with Crippen molar-refractivity contribution in [3.8, 4) is 0 Å². The summed E-state index contributed by atoms with van der Waals surface area (Å²) in [6, 6.07) is 1.56. The molecule has 1 N–H and O–H groups in total. The van der Waals surface area contributed by atoms with Gasteiger partial charge in [-0.05, 0) is 25.3 Å². The number of aryl methyl sites for hydroxylation is 1. The van der Waals surface area contributed by atoms with Crippen LogP contribution in [0.2, 0.25) is 0 Å². The Balaban J connectivity index is 2.30. The van der Waals surface area contributed by atoms with E-state index in [1.165, 1.54) is 12.3 Å². The number of rotatable bonds is 5. The Hall–Kier alpha value is -1.01. The van der Waals surface area contributed by atoms with Gasteiger partial charge in [-0.3, -0.25) is 4.79 Å². The van der Waals surface area contributed by atoms with E-state index in [0.29, 0.717) is 12.2 Å². The van der Waals surface area contributed by atoms with Gasteiger partial charge < -0.3 is 9.88 Å². The van der Waals surface area contributed by atoms with Crippen molar-refractivity contribution in [2.45, 2.75) is 43.7 Å². The standard InChI is InChI=1S/C11H15ClN2O3S/c1-2-5-14-7-9(18(12,16)17)6-10(14)11(15)13-8-3-4-8/h6-8H,2-5H2,1H3,(H,13,15). The highest BCUT2D eigenvalue weighted by Crippen LogP contribution is 2.22. The number of halogens is 1. The fourth-order valence-corrected chi connectivity index (χ4v) is 2.48. The van der Waals surface area contributed by atoms with Crippen LogP contribution in [0.3, 0.4) is 0 Å². The molecular weight excluding hydrogens is 276 g/mol. The van der Waals surface area contributed by atoms with E-state index in [0.717, 1.165) is 19.3 Å². The van der Waals surface area contributed by atoms with Gasteiger partial charge in [0.05, 0.1) is 0 Å². The molecule has 1 aliphatic rings. The first-order chi connectivity index (χ1) is 8.41. The summed E-state index contributed by atoms with van der Waals surface area (Å²) in [5.41, 5.74) is 0.350. The zero-order valence-electron chi connectivity index (χ0n) is 10.0. The lowest BCUT2D eigenvalue weighted by Crippen LogP contribution is -2.27. The van der Waals surface area contributed by atoms with Crippen molar-refractivity contribution in [2.75, 3.05) is 0 Å². The summed E-state index contributed by atoms with van der Waals surface area (Å²) < 4.78 is 24.2. The van der Waals surface area contributed by atoms with Crippen molar-refractivity contribution in [1.29, 1.82) is 0 Å². The smallest absolute Gasteiger partial charge is 0.268 e. The van der Waals surface area contributed by atoms with Crippen molar-refractivity contribution in [3.63, 3.8) is 0 Å². The number of nitrogens with zero attached hydrogens (tertiary/aromatic N) is 1. The molecule has 0 atom stereocenters. The summed E-state index contributed by atoms with van der Waals surface area (Å²) in [6.07, 6.45) is 4.19. The van der Waals surface area contributed by atoms with E-state index in [4.69, 9.17) is 10.7 Å². The molecule has 1 aliphatic carbocycles. The van der Waals surface area contributed by atoms with Crippen LogP contribution >= 0.6 is 10.7 Å². The maximum absolute atomic E-state index is 12.0. The first-order valence-corrected chi connectivity index (χ1v) is 8.18. The van der Waals surface area contributed by atoms with E-state index in [1.54, 1.807) is 4.57 Å². The van der Waals surface area contributed by atoms with Gasteiger partial charge in [-0.15, -0.1) is 0 Å². The molecule has 5 nitrogen and oxygen atoms in total. The fourth-order valence-electron chi connectivity index (χ4n) is 1.72. The molecule has 1 fully saturated rings. The number of amides is 1. The Kier molecular flexibility index (Phi) is 3.68. The lowest BCUT2D eigenvalue weighted by Gasteiger charge is -2.07. The summed E-state index contributed by atoms with van der Waals surface area (Å²) >= 11 is 0. The average molecular weight is 291 g/mol. The molecule has 0 aromatic carbocycles. The normalized spacial score (nSPS) is 15.7. The summed E-state index contributed by atoms with van der Waals surface area (Å²) in [4.78, 5) is 11.9. The number of aromatic nitrogens is 1. The molecule has 100 valence electrons. The zero-order chi connectivity index (χ0) is 13.3. The van der Waals surface area contributed by atoms with Crippen molar-refractivity contribution in [3.05, 3.63) is 18.0 Å². The van der Waals surface area contributed by atoms with Crippen LogP contribution in [-0.4, -0.2) is 24.9 Å². The van der Waals surface area contributed by atoms with Crippen LogP contribution < -0.4 is 5.32 Å². The predicted molar refractivity (Wildman–Crippen MR) is 68.3 cm³/mol. The third-order valence-electron chi connectivity index (χ3n) is 2.76. The monoisotopic (exact) mass is 290 g/mol. The van der Waals surface area contributed by atoms with Gasteiger partial charge in [-0.1, -0.05) is 6.92 Å². The molecule has 1 saturated carbocycles. The summed E-state index contributed by atoms with van der Waals surface area (Å²) in [6.45, 7) is 2.54. The molecule has 0 saturated heterocycles. The minimum Gasteiger partial charge on any atom is -0.348 e. The van der Waals surface area contributed by atoms with Crippen molar-refractivity contribution in [2.24, 2.45) is 0 Å². The van der Waals surface area contributed by atoms with Gasteiger partial charge in [0.1, 0.15) is 10.6 Å². The van der Waals surface area contributed by atoms with Crippen molar-refractivity contribution < 1.29 is 13.2 Å². The molecule has 0 unspecified atom stereocenters. The average Bonchev–Trinajstić information content (AvgIpc) is 2.94. The SMILES string of the molecule is CCCn1cc(S(=O)(=O)Cl)cc1C(=O)NC1CC1. The van der Waals surface area contributed by atoms with Crippen LogP contribution in [0.1, 0.15) is 36.7 Å². The number of carbonyl (C=O) groups is 1. The first kappa shape index (κ1) is 13.4. The van der Waals surface area contributed by atoms with Crippen LogP contribution in [0.25, 0.3) is 0 Å². The van der Waals surface area contributed by atoms with Crippen LogP contribution in [0.4, 0.5) is 0 Å². The molecule has 0 radical (unpaired) electrons. The van der Waals surface area contributed by atoms with Gasteiger partial charge in [0.15, 0.2) is 0 Å². The zero-order valence-corrected chi connectivity index (χ0v) is 11.6. The van der Waals surface area contributed by atoms with Gasteiger partial charge in [-0.2, -0.15) is 0 Å². The molecule has 1 aromatic rings. The van der Waals surface area contributed by atoms with E-state index in [1.807, 2.05) is 6.92 Å². The van der Waals surface area contributed by atoms with Crippen molar-refractivity contribution >= 4 is 25.6 Å². The molecule has 1 aromatic heterocycles. The Bertz CT molecular complexity index is 561. The summed E-state index contributed by atoms with van der Waals surface area (Å²) in [5, 5.41) is 2.84. The number of hydrogen-bond acceptors (Lipinski definition) is 3. The van der Waals surface area contributed by atoms with E-state index in [9.17, 15) is 13.2 Å². The Morgan fingerprint density at radius 2 is 2.22 bits per heavy atom. The molecule has 0 spiro atoms. The number of hydrogen-bond donors (Lipinski definition) is 1. The largest absolute Gasteiger partial charge is 0.348 e. The highest BCUT2D eigenvalue weighted by molar-refractivity contribution is 8.13. The first-order valence-electron chi connectivity index (χ1n) is 5.87. The lowest BCUT2D eigenvalue weighted by molar-refractivity contribution is 0.0941. The highest BCUT2D eigenvalue weighted by atomic mass is 35.7. The molecule has 18 heavy (non-hydrogen) atoms. The number of carbonyl (C=O) groups excluding carboxylic acids is 1. The third-order valence-corrected chi connectivity index (χ3v) is 4.08. The van der Waals surface area contributed by atoms with E-state index in [2.05, 4.69) is 5.32 Å². The predicted octanol–water partition coefficient (Wildman–Crippen LogP) is 1.72. The van der Waals surface area contributed by atoms with Gasteiger partial charge in [0, 0.05) is 29.5 Å². The highest BCUT2D eigenvalue weighted by Gasteiger charge is 2.26. The maximum atomic E-state index is 12.0. The van der Waals surface area contributed by atoms with Gasteiger partial charge >= 0.3 is 0 Å². The van der Waals surface area contributed by atoms with E-state index >= 15 is 0 Å². The van der Waals surface area contributed by atoms with Crippen LogP contribution in [-0.2, 0) is 15.6 Å². The lowest BCUT2D eigenvalue weighted by atomic mass is 10.3. The van der Waals surface area contributed by atoms with Gasteiger partial charge in [0.25, 0.3) is 15.0 Å². The Morgan fingerprint density at radius 1 is 1.56 bits per heavy atom. The Morgan fingerprint density at radius 3 is 2.72 bits per heavy atom. The molecule has 7 heteroatoms. The maximum Gasteiger partial charge on any atom is 0.268 e. The fraction of sp³-hybridized carbons (Fsp3) is 0.545. The molecule has 2 rings (SSSR count). The minimum atomic E-state index is -3.80. The van der Waals surface area contributed by atoms with Gasteiger partial charge in [-0.25, -0.2) is 8.42 Å². The second-order valence-electron chi connectivity index (χ2n) is 4.44. The summed E-state index contributed by atoms with van der Waals surface area (Å²) in [7, 11) is 1.50. The van der Waals surface area contributed by atoms with E-state index in [-0.39, 0.29) is 16.8 Å². The topological polar surface area (TPSA) is 68.2 Å². The van der Waals surface area contributed by atoms with Crippen LogP contribution in [0, 0.1) is 0 Å². The second-order valence-corrected chi connectivity index (χ2v) is 7.01. The number of nitrogens with one attached hydrogen (secondary N) is 1. The molecule has 1 heterocycles. The summed E-state index contributed by atoms with van der Waals surface area (Å²) in [5.74, 6) is -0.238. The van der Waals surface area contributed by atoms with Crippen molar-refractivity contribution in [1.82, 2.24) is 9.88 Å². The quantitative estimate of drug-likeness (QED) is 0.840. The molecule has 1 amide bonds. The van der Waals surface area contributed by atoms with E-state index < -0.39 is 9.05 Å². The second kappa shape index (κ2) is 4.93. The molecule has 0 bridgehead atoms. The third kappa shape index (κ3) is 3.05. The van der Waals surface area contributed by atoms with Crippen LogP contribution in [0.5, 0.6) is 0 Å². The molecular formula is C11H15ClN2O3S. The minimum absolute atomic E-state index is 0.0291.